The maximum atomic E-state index is 4.10. The third kappa shape index (κ3) is 1.98. The Morgan fingerprint density at radius 2 is 2.36 bits per heavy atom. The first kappa shape index (κ1) is 9.71. The number of rotatable bonds is 4. The van der Waals surface area contributed by atoms with Crippen LogP contribution in [-0.4, -0.2) is 22.1 Å². The summed E-state index contributed by atoms with van der Waals surface area (Å²) in [6.07, 6.45) is 8.53. The average Bonchev–Trinajstić information content (AvgIpc) is 2.54. The van der Waals surface area contributed by atoms with Crippen molar-refractivity contribution in [2.24, 2.45) is 5.92 Å². The maximum absolute atomic E-state index is 4.10. The Labute approximate surface area is 85.5 Å². The Balaban J connectivity index is 1.84. The molecule has 0 spiro atoms. The van der Waals surface area contributed by atoms with Crippen molar-refractivity contribution in [1.82, 2.24) is 14.9 Å². The summed E-state index contributed by atoms with van der Waals surface area (Å²) in [6, 6.07) is 1.28. The molecule has 0 bridgehead atoms. The minimum absolute atomic E-state index is 0.596. The molecule has 3 nitrogen and oxygen atoms in total. The van der Waals surface area contributed by atoms with Crippen molar-refractivity contribution in [2.45, 2.75) is 38.8 Å². The standard InChI is InChI=1S/C11H19N3/c1-9(2)13-7-10-3-4-11(10)14-6-5-12-8-14/h5-6,8-11,13H,3-4,7H2,1-2H3. The van der Waals surface area contributed by atoms with E-state index in [1.54, 1.807) is 0 Å². The molecular formula is C11H19N3. The van der Waals surface area contributed by atoms with Gasteiger partial charge in [-0.1, -0.05) is 13.8 Å². The van der Waals surface area contributed by atoms with Gasteiger partial charge in [-0.3, -0.25) is 0 Å². The zero-order valence-electron chi connectivity index (χ0n) is 8.98. The highest BCUT2D eigenvalue weighted by atomic mass is 15.1. The lowest BCUT2D eigenvalue weighted by molar-refractivity contribution is 0.174. The van der Waals surface area contributed by atoms with Crippen LogP contribution in [0.15, 0.2) is 18.7 Å². The Morgan fingerprint density at radius 1 is 1.50 bits per heavy atom. The summed E-state index contributed by atoms with van der Waals surface area (Å²) >= 11 is 0. The van der Waals surface area contributed by atoms with Crippen LogP contribution < -0.4 is 5.32 Å². The molecule has 14 heavy (non-hydrogen) atoms. The van der Waals surface area contributed by atoms with Gasteiger partial charge < -0.3 is 9.88 Å². The topological polar surface area (TPSA) is 29.9 Å². The third-order valence-corrected chi connectivity index (χ3v) is 3.07. The molecule has 2 atom stereocenters. The van der Waals surface area contributed by atoms with E-state index in [0.29, 0.717) is 12.1 Å². The van der Waals surface area contributed by atoms with Crippen LogP contribution in [0.25, 0.3) is 0 Å². The minimum atomic E-state index is 0.596. The summed E-state index contributed by atoms with van der Waals surface area (Å²) in [4.78, 5) is 4.10. The fraction of sp³-hybridized carbons (Fsp3) is 0.727. The van der Waals surface area contributed by atoms with E-state index in [1.165, 1.54) is 12.8 Å². The van der Waals surface area contributed by atoms with E-state index in [2.05, 4.69) is 34.9 Å². The number of aromatic nitrogens is 2. The van der Waals surface area contributed by atoms with Crippen molar-refractivity contribution in [2.75, 3.05) is 6.54 Å². The molecule has 1 fully saturated rings. The van der Waals surface area contributed by atoms with Crippen LogP contribution in [0.3, 0.4) is 0 Å². The number of hydrogen-bond donors (Lipinski definition) is 1. The first-order chi connectivity index (χ1) is 6.77. The van der Waals surface area contributed by atoms with Gasteiger partial charge in [0.05, 0.1) is 6.33 Å². The monoisotopic (exact) mass is 193 g/mol. The van der Waals surface area contributed by atoms with E-state index in [1.807, 2.05) is 12.5 Å². The summed E-state index contributed by atoms with van der Waals surface area (Å²) in [5.74, 6) is 0.798. The molecule has 1 N–H and O–H groups in total. The normalized spacial score (nSPS) is 26.5. The van der Waals surface area contributed by atoms with Gasteiger partial charge in [-0.25, -0.2) is 4.98 Å². The molecule has 2 rings (SSSR count). The van der Waals surface area contributed by atoms with Crippen molar-refractivity contribution >= 4 is 0 Å². The predicted molar refractivity (Wildman–Crippen MR) is 57.1 cm³/mol. The van der Waals surface area contributed by atoms with Crippen LogP contribution >= 0.6 is 0 Å². The predicted octanol–water partition coefficient (Wildman–Crippen LogP) is 1.83. The van der Waals surface area contributed by atoms with Crippen molar-refractivity contribution in [1.29, 1.82) is 0 Å². The molecule has 1 aliphatic carbocycles. The van der Waals surface area contributed by atoms with Gasteiger partial charge in [0.2, 0.25) is 0 Å². The van der Waals surface area contributed by atoms with Crippen molar-refractivity contribution in [3.63, 3.8) is 0 Å². The van der Waals surface area contributed by atoms with Gasteiger partial charge in [-0.2, -0.15) is 0 Å². The Morgan fingerprint density at radius 3 is 2.86 bits per heavy atom. The highest BCUT2D eigenvalue weighted by Gasteiger charge is 2.31. The van der Waals surface area contributed by atoms with Crippen LogP contribution in [0.2, 0.25) is 0 Å². The fourth-order valence-electron chi connectivity index (χ4n) is 2.03. The highest BCUT2D eigenvalue weighted by Crippen LogP contribution is 2.37. The second-order valence-corrected chi connectivity index (χ2v) is 4.48. The lowest BCUT2D eigenvalue weighted by Gasteiger charge is -2.38. The van der Waals surface area contributed by atoms with Gasteiger partial charge in [0, 0.05) is 31.0 Å². The Hall–Kier alpha value is -0.830. The molecule has 2 unspecified atom stereocenters. The van der Waals surface area contributed by atoms with E-state index >= 15 is 0 Å². The molecule has 1 saturated carbocycles. The van der Waals surface area contributed by atoms with E-state index in [0.717, 1.165) is 12.5 Å². The zero-order valence-corrected chi connectivity index (χ0v) is 8.98. The maximum Gasteiger partial charge on any atom is 0.0948 e. The molecule has 78 valence electrons. The number of imidazole rings is 1. The smallest absolute Gasteiger partial charge is 0.0948 e. The summed E-state index contributed by atoms with van der Waals surface area (Å²) < 4.78 is 2.25. The molecule has 0 radical (unpaired) electrons. The lowest BCUT2D eigenvalue weighted by atomic mass is 9.79. The second-order valence-electron chi connectivity index (χ2n) is 4.48. The molecule has 0 aliphatic heterocycles. The van der Waals surface area contributed by atoms with E-state index in [9.17, 15) is 0 Å². The van der Waals surface area contributed by atoms with Crippen LogP contribution in [0, 0.1) is 5.92 Å². The first-order valence-corrected chi connectivity index (χ1v) is 5.48. The molecular weight excluding hydrogens is 174 g/mol. The average molecular weight is 193 g/mol. The Bertz CT molecular complexity index is 266. The minimum Gasteiger partial charge on any atom is -0.334 e. The van der Waals surface area contributed by atoms with E-state index < -0.39 is 0 Å². The van der Waals surface area contributed by atoms with Crippen LogP contribution in [0.4, 0.5) is 0 Å². The number of nitrogens with one attached hydrogen (secondary N) is 1. The molecule has 0 amide bonds. The van der Waals surface area contributed by atoms with Crippen LogP contribution in [0.1, 0.15) is 32.7 Å². The van der Waals surface area contributed by atoms with Crippen molar-refractivity contribution in [3.05, 3.63) is 18.7 Å². The molecule has 1 heterocycles. The molecule has 1 aromatic heterocycles. The van der Waals surface area contributed by atoms with Crippen molar-refractivity contribution in [3.8, 4) is 0 Å². The zero-order chi connectivity index (χ0) is 9.97. The van der Waals surface area contributed by atoms with E-state index in [-0.39, 0.29) is 0 Å². The van der Waals surface area contributed by atoms with Gasteiger partial charge in [0.25, 0.3) is 0 Å². The summed E-state index contributed by atoms with van der Waals surface area (Å²) in [7, 11) is 0. The van der Waals surface area contributed by atoms with Gasteiger partial charge in [0.15, 0.2) is 0 Å². The van der Waals surface area contributed by atoms with Gasteiger partial charge >= 0.3 is 0 Å². The summed E-state index contributed by atoms with van der Waals surface area (Å²) in [5.41, 5.74) is 0. The lowest BCUT2D eigenvalue weighted by Crippen LogP contribution is -2.38. The van der Waals surface area contributed by atoms with Gasteiger partial charge in [0.1, 0.15) is 0 Å². The molecule has 1 aliphatic rings. The van der Waals surface area contributed by atoms with E-state index in [4.69, 9.17) is 0 Å². The number of nitrogens with zero attached hydrogens (tertiary/aromatic N) is 2. The van der Waals surface area contributed by atoms with Gasteiger partial charge in [-0.15, -0.1) is 0 Å². The van der Waals surface area contributed by atoms with Crippen molar-refractivity contribution < 1.29 is 0 Å². The molecule has 0 saturated heterocycles. The molecule has 0 aromatic carbocycles. The SMILES string of the molecule is CC(C)NCC1CCC1n1ccnc1. The molecule has 1 aromatic rings. The van der Waals surface area contributed by atoms with Crippen LogP contribution in [0.5, 0.6) is 0 Å². The molecule has 3 heteroatoms. The highest BCUT2D eigenvalue weighted by molar-refractivity contribution is 4.91. The third-order valence-electron chi connectivity index (χ3n) is 3.07. The first-order valence-electron chi connectivity index (χ1n) is 5.48. The second kappa shape index (κ2) is 4.13. The number of hydrogen-bond acceptors (Lipinski definition) is 2. The summed E-state index contributed by atoms with van der Waals surface area (Å²) in [5, 5.41) is 3.51. The van der Waals surface area contributed by atoms with Crippen LogP contribution in [-0.2, 0) is 0 Å². The summed E-state index contributed by atoms with van der Waals surface area (Å²) in [6.45, 7) is 5.54. The quantitative estimate of drug-likeness (QED) is 0.790. The largest absolute Gasteiger partial charge is 0.334 e. The fourth-order valence-corrected chi connectivity index (χ4v) is 2.03. The van der Waals surface area contributed by atoms with Gasteiger partial charge in [-0.05, 0) is 18.8 Å². The Kier molecular flexibility index (Phi) is 2.87.